The Kier molecular flexibility index (Phi) is 34.0. The quantitative estimate of drug-likeness (QED) is 0.0217. The number of para-hydroxylation sites is 1. The second kappa shape index (κ2) is 40.1. The number of nitrogens with two attached hydrogens (primary N) is 6. The maximum absolute atomic E-state index is 15.1. The number of carbonyl (C=O) groups excluding carboxylic acids is 9. The second-order valence-electron chi connectivity index (χ2n) is 23.8. The fourth-order valence-corrected chi connectivity index (χ4v) is 11.2. The highest BCUT2D eigenvalue weighted by atomic mass is 32.2. The molecule has 24 nitrogen and oxygen atoms in total. The van der Waals surface area contributed by atoms with Gasteiger partial charge in [-0.2, -0.15) is 11.8 Å². The van der Waals surface area contributed by atoms with E-state index < -0.39 is 119 Å². The number of Topliss-reactive ketones (excluding diaryl/α,β-unsaturated/α-hetero) is 4. The number of aromatic nitrogens is 1. The second-order valence-corrected chi connectivity index (χ2v) is 24.7. The van der Waals surface area contributed by atoms with E-state index in [1.165, 1.54) is 18.7 Å². The molecule has 0 saturated heterocycles. The maximum atomic E-state index is 15.1. The molecule has 1 aromatic heterocycles. The molecular weight excluding hydrogens is 1160 g/mol. The van der Waals surface area contributed by atoms with E-state index in [-0.39, 0.29) is 126 Å². The molecule has 0 saturated carbocycles. The predicted octanol–water partition coefficient (Wildman–Crippen LogP) is 3.87. The molecule has 89 heavy (non-hydrogen) atoms. The first-order chi connectivity index (χ1) is 42.3. The van der Waals surface area contributed by atoms with E-state index in [4.69, 9.17) is 34.4 Å². The maximum Gasteiger partial charge on any atom is 0.304 e. The minimum Gasteiger partial charge on any atom is -0.481 e. The molecule has 0 radical (unpaired) electrons. The highest BCUT2D eigenvalue weighted by Gasteiger charge is 2.37. The molecule has 25 heteroatoms. The van der Waals surface area contributed by atoms with Crippen molar-refractivity contribution in [2.75, 3.05) is 31.6 Å². The summed E-state index contributed by atoms with van der Waals surface area (Å²) in [5.74, 6) is -11.2. The van der Waals surface area contributed by atoms with Crippen molar-refractivity contribution < 1.29 is 53.1 Å². The van der Waals surface area contributed by atoms with E-state index in [1.807, 2.05) is 88.5 Å². The van der Waals surface area contributed by atoms with Gasteiger partial charge in [0.15, 0.2) is 35.1 Å². The van der Waals surface area contributed by atoms with Crippen molar-refractivity contribution in [1.82, 2.24) is 26.3 Å². The number of hydrogen-bond donors (Lipinski definition) is 12. The van der Waals surface area contributed by atoms with Crippen molar-refractivity contribution in [2.24, 2.45) is 85.8 Å². The van der Waals surface area contributed by atoms with Crippen LogP contribution < -0.4 is 55.7 Å². The Morgan fingerprint density at radius 2 is 1.07 bits per heavy atom. The average molecular weight is 1260 g/mol. The first-order valence-corrected chi connectivity index (χ1v) is 32.4. The van der Waals surface area contributed by atoms with Crippen LogP contribution in [0.1, 0.15) is 142 Å². The number of aromatic amines is 1. The lowest BCUT2D eigenvalue weighted by Gasteiger charge is -2.27. The Morgan fingerprint density at radius 3 is 1.60 bits per heavy atom. The molecule has 0 bridgehead atoms. The standard InChI is InChI=1S/C64H99N13O11S/c1-7-39(4)47(58(66)84)36-56(81)51(31-41-17-9-8-10-18-41)76-61(87)43(24-28-89-6)34-55(80)52(32-45-37-73-48-21-12-11-20-46(45)48)77-60(86)42(19-13-14-25-65)33-53(78)50(23-16-27-72-64(69)70)75-62(88)44(29-38(2)3)35-54(79)49(22-15-26-71-63(67)68)74-59(85)40(5)30-57(82)83/h8-12,17-18,20-21,37-40,42-44,47,49-52,73H,7,13-16,19,22-36,65H2,1-6H3,(H2,66,84)(H,74,85)(H,75,88)(H,76,87)(H,77,86)(H,82,83)(H4,67,68,71)(H4,69,70,72)/t39-,40-,42+,43+,44+,47-,49-,50-,51-,52-/m0/s1. The van der Waals surface area contributed by atoms with Crippen LogP contribution in [0.2, 0.25) is 0 Å². The van der Waals surface area contributed by atoms with Gasteiger partial charge in [-0.1, -0.05) is 96.0 Å². The Bertz CT molecular complexity index is 2860. The lowest BCUT2D eigenvalue weighted by atomic mass is 9.84. The van der Waals surface area contributed by atoms with Crippen LogP contribution in [-0.4, -0.2) is 136 Å². The predicted molar refractivity (Wildman–Crippen MR) is 348 cm³/mol. The molecule has 3 aromatic rings. The van der Waals surface area contributed by atoms with Gasteiger partial charge < -0.3 is 65.8 Å². The first-order valence-electron chi connectivity index (χ1n) is 31.0. The minimum atomic E-state index is -1.23. The number of aliphatic carboxylic acids is 1. The number of carbonyl (C=O) groups is 10. The number of aliphatic imine (C=N–C) groups is 2. The Labute approximate surface area is 527 Å². The van der Waals surface area contributed by atoms with Crippen LogP contribution in [0, 0.1) is 41.4 Å². The largest absolute Gasteiger partial charge is 0.481 e. The molecule has 0 aliphatic rings. The molecule has 492 valence electrons. The molecule has 2 aromatic carbocycles. The smallest absolute Gasteiger partial charge is 0.304 e. The van der Waals surface area contributed by atoms with Gasteiger partial charge in [-0.15, -0.1) is 0 Å². The summed E-state index contributed by atoms with van der Waals surface area (Å²) in [6.45, 7) is 9.37. The number of hydrogen-bond acceptors (Lipinski definition) is 14. The van der Waals surface area contributed by atoms with E-state index in [0.29, 0.717) is 30.6 Å². The molecule has 1 heterocycles. The van der Waals surface area contributed by atoms with Crippen molar-refractivity contribution in [3.05, 3.63) is 71.9 Å². The van der Waals surface area contributed by atoms with Crippen LogP contribution in [0.15, 0.2) is 70.8 Å². The fourth-order valence-electron chi connectivity index (χ4n) is 10.7. The third kappa shape index (κ3) is 27.7. The number of fused-ring (bicyclic) bond motifs is 1. The molecule has 5 amide bonds. The lowest BCUT2D eigenvalue weighted by Crippen LogP contribution is -2.49. The number of primary amides is 1. The summed E-state index contributed by atoms with van der Waals surface area (Å²) >= 11 is 1.47. The topological polar surface area (TPSA) is 436 Å². The zero-order chi connectivity index (χ0) is 66.2. The summed E-state index contributed by atoms with van der Waals surface area (Å²) < 4.78 is 0. The molecule has 0 aliphatic heterocycles. The van der Waals surface area contributed by atoms with E-state index in [2.05, 4.69) is 36.2 Å². The van der Waals surface area contributed by atoms with Gasteiger partial charge in [0, 0.05) is 91.9 Å². The van der Waals surface area contributed by atoms with Crippen molar-refractivity contribution in [3.63, 3.8) is 0 Å². The molecule has 0 unspecified atom stereocenters. The number of benzene rings is 2. The van der Waals surface area contributed by atoms with E-state index in [0.717, 1.165) is 16.5 Å². The van der Waals surface area contributed by atoms with Crippen LogP contribution in [-0.2, 0) is 60.8 Å². The van der Waals surface area contributed by atoms with Crippen molar-refractivity contribution in [1.29, 1.82) is 0 Å². The first kappa shape index (κ1) is 75.6. The van der Waals surface area contributed by atoms with Crippen LogP contribution in [0.25, 0.3) is 10.9 Å². The van der Waals surface area contributed by atoms with Crippen LogP contribution in [0.3, 0.4) is 0 Å². The Hall–Kier alpha value is -7.67. The van der Waals surface area contributed by atoms with Gasteiger partial charge in [0.05, 0.1) is 30.6 Å². The summed E-state index contributed by atoms with van der Waals surface area (Å²) in [5, 5.41) is 21.6. The summed E-state index contributed by atoms with van der Waals surface area (Å²) in [4.78, 5) is 151. The van der Waals surface area contributed by atoms with Crippen LogP contribution in [0.5, 0.6) is 0 Å². The number of ketones is 4. The highest BCUT2D eigenvalue weighted by Crippen LogP contribution is 2.26. The minimum absolute atomic E-state index is 0.00421. The summed E-state index contributed by atoms with van der Waals surface area (Å²) in [7, 11) is 0. The number of unbranched alkanes of at least 4 members (excludes halogenated alkanes) is 1. The number of nitrogens with one attached hydrogen (secondary N) is 5. The Morgan fingerprint density at radius 1 is 0.573 bits per heavy atom. The van der Waals surface area contributed by atoms with Gasteiger partial charge in [0.25, 0.3) is 0 Å². The van der Waals surface area contributed by atoms with Crippen LogP contribution >= 0.6 is 11.8 Å². The van der Waals surface area contributed by atoms with Crippen molar-refractivity contribution in [3.8, 4) is 0 Å². The number of nitrogens with zero attached hydrogens (tertiary/aromatic N) is 2. The molecule has 10 atom stereocenters. The summed E-state index contributed by atoms with van der Waals surface area (Å²) in [6, 6.07) is 11.9. The fraction of sp³-hybridized carbons (Fsp3) is 0.594. The monoisotopic (exact) mass is 1260 g/mol. The number of rotatable bonds is 46. The van der Waals surface area contributed by atoms with Gasteiger partial charge in [-0.25, -0.2) is 0 Å². The Balaban J connectivity index is 2.06. The third-order valence-electron chi connectivity index (χ3n) is 16.0. The van der Waals surface area contributed by atoms with Crippen molar-refractivity contribution >= 4 is 93.2 Å². The molecule has 0 aliphatic carbocycles. The molecule has 3 rings (SSSR count). The number of thioether (sulfide) groups is 1. The summed E-state index contributed by atoms with van der Waals surface area (Å²) in [6.07, 6.45) is 4.60. The van der Waals surface area contributed by atoms with Gasteiger partial charge in [-0.3, -0.25) is 57.9 Å². The molecule has 18 N–H and O–H groups in total. The summed E-state index contributed by atoms with van der Waals surface area (Å²) in [5.41, 5.74) is 36.3. The normalized spacial score (nSPS) is 14.7. The number of carboxylic acids is 1. The highest BCUT2D eigenvalue weighted by molar-refractivity contribution is 7.98. The van der Waals surface area contributed by atoms with Gasteiger partial charge in [0.1, 0.15) is 0 Å². The van der Waals surface area contributed by atoms with E-state index in [1.54, 1.807) is 6.20 Å². The number of guanidine groups is 2. The van der Waals surface area contributed by atoms with Gasteiger partial charge in [0.2, 0.25) is 29.5 Å². The third-order valence-corrected chi connectivity index (χ3v) is 16.7. The number of amides is 5. The van der Waals surface area contributed by atoms with Crippen LogP contribution in [0.4, 0.5) is 0 Å². The SMILES string of the molecule is CC[C@H](C)[C@H](CC(=O)[C@H](Cc1ccccc1)NC(=O)[C@H](CCSC)CC(=O)[C@H](Cc1c[nH]c2ccccc12)NC(=O)[C@H](CCCCN)CC(=O)[C@H](CCCN=C(N)N)NC(=O)[C@@H](CC(=O)[C@H](CCCN=C(N)N)NC(=O)[C@@H](C)CC(=O)O)CC(C)C)C(N)=O. The molecule has 0 spiro atoms. The zero-order valence-electron chi connectivity index (χ0n) is 52.8. The zero-order valence-corrected chi connectivity index (χ0v) is 53.6. The average Bonchev–Trinajstić information content (AvgIpc) is 2.07. The van der Waals surface area contributed by atoms with Gasteiger partial charge in [-0.05, 0) is 105 Å². The molecular formula is C64H99N13O11S. The molecule has 0 fully saturated rings. The number of carboxylic acid groups (broad SMARTS) is 1. The number of H-pyrrole nitrogens is 1. The van der Waals surface area contributed by atoms with E-state index in [9.17, 15) is 43.5 Å². The van der Waals surface area contributed by atoms with Crippen molar-refractivity contribution in [2.45, 2.75) is 168 Å². The van der Waals surface area contributed by atoms with E-state index >= 15 is 9.59 Å². The van der Waals surface area contributed by atoms with Gasteiger partial charge >= 0.3 is 5.97 Å². The lowest BCUT2D eigenvalue weighted by molar-refractivity contribution is -0.141.